The van der Waals surface area contributed by atoms with Crippen molar-refractivity contribution >= 4 is 21.6 Å². The average molecular weight is 423 g/mol. The Hall–Kier alpha value is -2.82. The van der Waals surface area contributed by atoms with Crippen molar-refractivity contribution in [1.29, 1.82) is 0 Å². The number of rotatable bonds is 10. The average Bonchev–Trinajstić information content (AvgIpc) is 2.64. The number of primary amides is 1. The van der Waals surface area contributed by atoms with E-state index in [2.05, 4.69) is 10.0 Å². The predicted molar refractivity (Wildman–Crippen MR) is 109 cm³/mol. The molecule has 0 spiro atoms. The van der Waals surface area contributed by atoms with Crippen LogP contribution in [-0.4, -0.2) is 50.0 Å². The number of benzene rings is 2. The van der Waals surface area contributed by atoms with Crippen LogP contribution in [0.3, 0.4) is 0 Å². The monoisotopic (exact) mass is 423 g/mol. The van der Waals surface area contributed by atoms with Crippen LogP contribution in [0.15, 0.2) is 42.5 Å². The van der Waals surface area contributed by atoms with Gasteiger partial charge >= 0.3 is 0 Å². The van der Waals surface area contributed by atoms with Gasteiger partial charge in [0.1, 0.15) is 18.1 Å². The summed E-state index contributed by atoms with van der Waals surface area (Å²) in [6.45, 7) is 2.37. The molecule has 0 saturated carbocycles. The second-order valence-electron chi connectivity index (χ2n) is 6.68. The molecule has 0 heterocycles. The molecule has 0 fully saturated rings. The molecule has 2 atom stereocenters. The molecule has 10 heteroatoms. The summed E-state index contributed by atoms with van der Waals surface area (Å²) in [7, 11) is -3.35. The van der Waals surface area contributed by atoms with Gasteiger partial charge in [-0.1, -0.05) is 12.1 Å². The molecule has 158 valence electrons. The Labute approximate surface area is 169 Å². The second-order valence-corrected chi connectivity index (χ2v) is 8.42. The van der Waals surface area contributed by atoms with Crippen LogP contribution in [0.2, 0.25) is 0 Å². The van der Waals surface area contributed by atoms with Gasteiger partial charge in [0.2, 0.25) is 10.0 Å². The van der Waals surface area contributed by atoms with Crippen LogP contribution in [0.1, 0.15) is 28.9 Å². The van der Waals surface area contributed by atoms with Gasteiger partial charge in [-0.3, -0.25) is 9.52 Å². The molecule has 0 aliphatic carbocycles. The predicted octanol–water partition coefficient (Wildman–Crippen LogP) is 0.953. The summed E-state index contributed by atoms with van der Waals surface area (Å²) in [6.07, 6.45) is 0.274. The van der Waals surface area contributed by atoms with E-state index in [0.717, 1.165) is 6.26 Å². The van der Waals surface area contributed by atoms with E-state index in [1.807, 2.05) is 6.92 Å². The standard InChI is InChI=1S/C19H25N3O6S/c1-12(11-28-15-7-8-17(23)16(9-15)19(20)25)21-10-18(24)13-3-5-14(6-4-13)22-29(2,26)27/h3-9,12,18,21-24H,10-11H2,1-2H3,(H2,20,25). The van der Waals surface area contributed by atoms with Crippen molar-refractivity contribution in [1.82, 2.24) is 5.32 Å². The Morgan fingerprint density at radius 1 is 1.21 bits per heavy atom. The molecule has 2 aromatic rings. The Bertz CT molecular complexity index is 947. The van der Waals surface area contributed by atoms with Crippen molar-refractivity contribution in [2.45, 2.75) is 19.1 Å². The minimum atomic E-state index is -3.35. The fraction of sp³-hybridized carbons (Fsp3) is 0.316. The number of carbonyl (C=O) groups is 1. The molecule has 2 aromatic carbocycles. The maximum atomic E-state index is 11.2. The number of ether oxygens (including phenoxy) is 1. The largest absolute Gasteiger partial charge is 0.507 e. The molecule has 0 radical (unpaired) electrons. The van der Waals surface area contributed by atoms with Crippen LogP contribution in [0, 0.1) is 0 Å². The summed E-state index contributed by atoms with van der Waals surface area (Å²) in [4.78, 5) is 11.2. The number of hydrogen-bond donors (Lipinski definition) is 5. The van der Waals surface area contributed by atoms with E-state index in [0.29, 0.717) is 17.0 Å². The molecular weight excluding hydrogens is 398 g/mol. The number of phenols is 1. The summed E-state index contributed by atoms with van der Waals surface area (Å²) in [5.74, 6) is -0.573. The van der Waals surface area contributed by atoms with E-state index in [1.54, 1.807) is 24.3 Å². The van der Waals surface area contributed by atoms with Crippen LogP contribution in [0.4, 0.5) is 5.69 Å². The van der Waals surface area contributed by atoms with E-state index in [4.69, 9.17) is 10.5 Å². The summed E-state index contributed by atoms with van der Waals surface area (Å²) in [5, 5.41) is 23.0. The van der Waals surface area contributed by atoms with Crippen LogP contribution >= 0.6 is 0 Å². The Kier molecular flexibility index (Phi) is 7.43. The molecule has 0 aliphatic heterocycles. The number of carbonyl (C=O) groups excluding carboxylic acids is 1. The van der Waals surface area contributed by atoms with Crippen molar-refractivity contribution in [3.63, 3.8) is 0 Å². The number of anilines is 1. The highest BCUT2D eigenvalue weighted by molar-refractivity contribution is 7.92. The molecule has 0 saturated heterocycles. The fourth-order valence-corrected chi connectivity index (χ4v) is 3.06. The Morgan fingerprint density at radius 2 is 1.86 bits per heavy atom. The van der Waals surface area contributed by atoms with Gasteiger partial charge in [-0.15, -0.1) is 0 Å². The lowest BCUT2D eigenvalue weighted by Crippen LogP contribution is -2.34. The minimum Gasteiger partial charge on any atom is -0.507 e. The number of nitrogens with one attached hydrogen (secondary N) is 2. The van der Waals surface area contributed by atoms with E-state index in [1.165, 1.54) is 18.2 Å². The normalized spacial score (nSPS) is 13.5. The highest BCUT2D eigenvalue weighted by atomic mass is 32.2. The number of nitrogens with two attached hydrogens (primary N) is 1. The fourth-order valence-electron chi connectivity index (χ4n) is 2.50. The lowest BCUT2D eigenvalue weighted by Gasteiger charge is -2.18. The number of aliphatic hydroxyl groups is 1. The second kappa shape index (κ2) is 9.59. The first-order chi connectivity index (χ1) is 13.5. The lowest BCUT2D eigenvalue weighted by atomic mass is 10.1. The maximum absolute atomic E-state index is 11.2. The quantitative estimate of drug-likeness (QED) is 0.382. The van der Waals surface area contributed by atoms with Crippen LogP contribution < -0.4 is 20.5 Å². The summed E-state index contributed by atoms with van der Waals surface area (Å²) in [5.41, 5.74) is 6.22. The zero-order valence-corrected chi connectivity index (χ0v) is 16.9. The molecule has 6 N–H and O–H groups in total. The topological polar surface area (TPSA) is 151 Å². The molecule has 0 aliphatic rings. The van der Waals surface area contributed by atoms with Crippen molar-refractivity contribution in [2.24, 2.45) is 5.73 Å². The van der Waals surface area contributed by atoms with Crippen molar-refractivity contribution in [3.05, 3.63) is 53.6 Å². The van der Waals surface area contributed by atoms with Crippen molar-refractivity contribution in [2.75, 3.05) is 24.1 Å². The van der Waals surface area contributed by atoms with Gasteiger partial charge in [0.05, 0.1) is 17.9 Å². The van der Waals surface area contributed by atoms with Gasteiger partial charge < -0.3 is 26.0 Å². The number of aromatic hydroxyl groups is 1. The lowest BCUT2D eigenvalue weighted by molar-refractivity contribution is 0.0997. The van der Waals surface area contributed by atoms with E-state index >= 15 is 0 Å². The summed E-state index contributed by atoms with van der Waals surface area (Å²) >= 11 is 0. The van der Waals surface area contributed by atoms with Gasteiger partial charge in [-0.25, -0.2) is 8.42 Å². The van der Waals surface area contributed by atoms with Crippen LogP contribution in [-0.2, 0) is 10.0 Å². The summed E-state index contributed by atoms with van der Waals surface area (Å²) < 4.78 is 30.4. The highest BCUT2D eigenvalue weighted by Gasteiger charge is 2.12. The highest BCUT2D eigenvalue weighted by Crippen LogP contribution is 2.22. The van der Waals surface area contributed by atoms with Gasteiger partial charge in [-0.2, -0.15) is 0 Å². The van der Waals surface area contributed by atoms with Crippen LogP contribution in [0.5, 0.6) is 11.5 Å². The first-order valence-corrected chi connectivity index (χ1v) is 10.7. The van der Waals surface area contributed by atoms with Gasteiger partial charge in [0, 0.05) is 18.3 Å². The van der Waals surface area contributed by atoms with Gasteiger partial charge in [0.25, 0.3) is 5.91 Å². The molecule has 0 bridgehead atoms. The van der Waals surface area contributed by atoms with Gasteiger partial charge in [-0.05, 0) is 42.8 Å². The van der Waals surface area contributed by atoms with E-state index in [9.17, 15) is 23.4 Å². The van der Waals surface area contributed by atoms with E-state index in [-0.39, 0.29) is 30.5 Å². The molecule has 1 amide bonds. The van der Waals surface area contributed by atoms with Crippen molar-refractivity contribution < 1.29 is 28.2 Å². The number of hydrogen-bond acceptors (Lipinski definition) is 7. The number of sulfonamides is 1. The first-order valence-electron chi connectivity index (χ1n) is 8.80. The van der Waals surface area contributed by atoms with E-state index < -0.39 is 22.0 Å². The molecule has 9 nitrogen and oxygen atoms in total. The SMILES string of the molecule is CC(COc1ccc(O)c(C(N)=O)c1)NCC(O)c1ccc(NS(C)(=O)=O)cc1. The van der Waals surface area contributed by atoms with Crippen LogP contribution in [0.25, 0.3) is 0 Å². The minimum absolute atomic E-state index is 0.0210. The summed E-state index contributed by atoms with van der Waals surface area (Å²) in [6, 6.07) is 10.5. The molecular formula is C19H25N3O6S. The maximum Gasteiger partial charge on any atom is 0.252 e. The van der Waals surface area contributed by atoms with Gasteiger partial charge in [0.15, 0.2) is 0 Å². The van der Waals surface area contributed by atoms with Crippen molar-refractivity contribution in [3.8, 4) is 11.5 Å². The third-order valence-corrected chi connectivity index (χ3v) is 4.60. The third-order valence-electron chi connectivity index (χ3n) is 3.99. The Balaban J connectivity index is 1.83. The molecule has 0 aromatic heterocycles. The molecule has 2 rings (SSSR count). The zero-order chi connectivity index (χ0) is 21.6. The smallest absolute Gasteiger partial charge is 0.252 e. The molecule has 29 heavy (non-hydrogen) atoms. The molecule has 2 unspecified atom stereocenters. The zero-order valence-electron chi connectivity index (χ0n) is 16.1. The third kappa shape index (κ3) is 7.26. The number of aliphatic hydroxyl groups excluding tert-OH is 1. The Morgan fingerprint density at radius 3 is 2.45 bits per heavy atom. The number of amides is 1. The first kappa shape index (κ1) is 22.5.